The van der Waals surface area contributed by atoms with Gasteiger partial charge in [-0.1, -0.05) is 0 Å². The average Bonchev–Trinajstić information content (AvgIpc) is 2.46. The van der Waals surface area contributed by atoms with E-state index in [1.807, 2.05) is 0 Å². The fraction of sp³-hybridized carbons (Fsp3) is 0.467. The Hall–Kier alpha value is -2.28. The molecule has 2 N–H and O–H groups in total. The number of aliphatic carboxylic acids is 1. The van der Waals surface area contributed by atoms with Crippen molar-refractivity contribution in [3.63, 3.8) is 0 Å². The smallest absolute Gasteiger partial charge is 0.331 e. The molecule has 0 aliphatic carbocycles. The van der Waals surface area contributed by atoms with Gasteiger partial charge in [0, 0.05) is 12.7 Å². The molecule has 0 radical (unpaired) electrons. The molecule has 7 nitrogen and oxygen atoms in total. The second-order valence-electron chi connectivity index (χ2n) is 5.05. The third kappa shape index (κ3) is 3.67. The second kappa shape index (κ2) is 7.13. The van der Waals surface area contributed by atoms with Crippen molar-refractivity contribution in [3.8, 4) is 11.5 Å². The van der Waals surface area contributed by atoms with E-state index in [1.54, 1.807) is 13.0 Å². The lowest BCUT2D eigenvalue weighted by molar-refractivity contribution is -0.145. The van der Waals surface area contributed by atoms with Gasteiger partial charge in [0.25, 0.3) is 5.91 Å². The highest BCUT2D eigenvalue weighted by Crippen LogP contribution is 2.30. The van der Waals surface area contributed by atoms with Crippen LogP contribution in [0.2, 0.25) is 0 Å². The molecule has 1 amide bonds. The molecule has 1 aromatic carbocycles. The molecular weight excluding hydrogens is 290 g/mol. The zero-order valence-electron chi connectivity index (χ0n) is 13.4. The minimum atomic E-state index is -1.52. The summed E-state index contributed by atoms with van der Waals surface area (Å²) in [4.78, 5) is 23.7. The minimum Gasteiger partial charge on any atom is -0.493 e. The van der Waals surface area contributed by atoms with Crippen LogP contribution < -0.4 is 14.8 Å². The molecule has 0 aromatic heterocycles. The number of ether oxygens (including phenoxy) is 3. The Kier molecular flexibility index (Phi) is 5.76. The van der Waals surface area contributed by atoms with Gasteiger partial charge >= 0.3 is 5.97 Å². The lowest BCUT2D eigenvalue weighted by Gasteiger charge is -2.25. The van der Waals surface area contributed by atoms with Crippen LogP contribution in [0.4, 0.5) is 0 Å². The van der Waals surface area contributed by atoms with Gasteiger partial charge in [0.05, 0.1) is 20.8 Å². The summed E-state index contributed by atoms with van der Waals surface area (Å²) in [7, 11) is 4.33. The highest BCUT2D eigenvalue weighted by molar-refractivity contribution is 5.99. The Morgan fingerprint density at radius 2 is 1.73 bits per heavy atom. The Balaban J connectivity index is 3.15. The number of benzene rings is 1. The van der Waals surface area contributed by atoms with Crippen molar-refractivity contribution in [2.24, 2.45) is 0 Å². The SMILES string of the molecule is COCC(C)(NC(=O)c1cc(OC)c(OC)cc1C)C(=O)O. The van der Waals surface area contributed by atoms with Crippen molar-refractivity contribution in [1.82, 2.24) is 5.32 Å². The zero-order valence-corrected chi connectivity index (χ0v) is 13.4. The summed E-state index contributed by atoms with van der Waals surface area (Å²) >= 11 is 0. The van der Waals surface area contributed by atoms with Crippen LogP contribution in [0.1, 0.15) is 22.8 Å². The molecule has 1 unspecified atom stereocenters. The number of rotatable bonds is 7. The molecule has 0 spiro atoms. The third-order valence-electron chi connectivity index (χ3n) is 3.27. The molecule has 0 aliphatic heterocycles. The van der Waals surface area contributed by atoms with Gasteiger partial charge < -0.3 is 24.6 Å². The van der Waals surface area contributed by atoms with E-state index in [0.29, 0.717) is 22.6 Å². The quantitative estimate of drug-likeness (QED) is 0.786. The Bertz CT molecular complexity index is 571. The lowest BCUT2D eigenvalue weighted by Crippen LogP contribution is -2.55. The van der Waals surface area contributed by atoms with Gasteiger partial charge in [-0.15, -0.1) is 0 Å². The van der Waals surface area contributed by atoms with E-state index in [1.165, 1.54) is 34.3 Å². The fourth-order valence-corrected chi connectivity index (χ4v) is 1.98. The number of carbonyl (C=O) groups excluding carboxylic acids is 1. The Morgan fingerprint density at radius 1 is 1.18 bits per heavy atom. The number of methoxy groups -OCH3 is 3. The largest absolute Gasteiger partial charge is 0.493 e. The zero-order chi connectivity index (χ0) is 16.9. The molecule has 22 heavy (non-hydrogen) atoms. The molecule has 1 aromatic rings. The second-order valence-corrected chi connectivity index (χ2v) is 5.05. The summed E-state index contributed by atoms with van der Waals surface area (Å²) in [5.74, 6) is -0.822. The predicted molar refractivity (Wildman–Crippen MR) is 79.7 cm³/mol. The maximum atomic E-state index is 12.4. The standard InChI is InChI=1S/C15H21NO6/c1-9-6-11(21-4)12(22-5)7-10(9)13(17)16-15(2,8-20-3)14(18)19/h6-7H,8H2,1-5H3,(H,16,17)(H,18,19). The molecule has 0 saturated carbocycles. The summed E-state index contributed by atoms with van der Waals surface area (Å²) in [6, 6.07) is 3.17. The molecule has 0 fully saturated rings. The number of hydrogen-bond acceptors (Lipinski definition) is 5. The van der Waals surface area contributed by atoms with Crippen LogP contribution in [0.25, 0.3) is 0 Å². The number of aryl methyl sites for hydroxylation is 1. The van der Waals surface area contributed by atoms with Crippen molar-refractivity contribution in [1.29, 1.82) is 0 Å². The lowest BCUT2D eigenvalue weighted by atomic mass is 10.0. The van der Waals surface area contributed by atoms with Gasteiger partial charge in [-0.2, -0.15) is 0 Å². The molecule has 122 valence electrons. The molecular formula is C15H21NO6. The van der Waals surface area contributed by atoms with Crippen LogP contribution in [0.3, 0.4) is 0 Å². The molecule has 0 bridgehead atoms. The van der Waals surface area contributed by atoms with E-state index >= 15 is 0 Å². The maximum absolute atomic E-state index is 12.4. The van der Waals surface area contributed by atoms with Crippen LogP contribution in [0.5, 0.6) is 11.5 Å². The van der Waals surface area contributed by atoms with Gasteiger partial charge in [-0.3, -0.25) is 4.79 Å². The summed E-state index contributed by atoms with van der Waals surface area (Å²) in [5.41, 5.74) is -0.577. The molecule has 1 rings (SSSR count). The van der Waals surface area contributed by atoms with Crippen LogP contribution in [-0.4, -0.2) is 50.5 Å². The highest BCUT2D eigenvalue weighted by Gasteiger charge is 2.35. The first-order chi connectivity index (χ1) is 10.3. The van der Waals surface area contributed by atoms with Crippen LogP contribution in [0, 0.1) is 6.92 Å². The van der Waals surface area contributed by atoms with E-state index in [0.717, 1.165) is 0 Å². The summed E-state index contributed by atoms with van der Waals surface area (Å²) in [6.45, 7) is 2.96. The van der Waals surface area contributed by atoms with E-state index in [4.69, 9.17) is 14.2 Å². The maximum Gasteiger partial charge on any atom is 0.331 e. The van der Waals surface area contributed by atoms with Gasteiger partial charge in [0.2, 0.25) is 0 Å². The van der Waals surface area contributed by atoms with Crippen molar-refractivity contribution in [2.75, 3.05) is 27.9 Å². The molecule has 0 heterocycles. The van der Waals surface area contributed by atoms with Gasteiger partial charge in [-0.25, -0.2) is 4.79 Å². The Labute approximate surface area is 129 Å². The van der Waals surface area contributed by atoms with Crippen LogP contribution in [0.15, 0.2) is 12.1 Å². The first-order valence-corrected chi connectivity index (χ1v) is 6.56. The first kappa shape index (κ1) is 17.8. The summed E-state index contributed by atoms with van der Waals surface area (Å²) in [6.07, 6.45) is 0. The highest BCUT2D eigenvalue weighted by atomic mass is 16.5. The fourth-order valence-electron chi connectivity index (χ4n) is 1.98. The van der Waals surface area contributed by atoms with Crippen LogP contribution in [-0.2, 0) is 9.53 Å². The molecule has 0 aliphatic rings. The number of carbonyl (C=O) groups is 2. The monoisotopic (exact) mass is 311 g/mol. The van der Waals surface area contributed by atoms with Gasteiger partial charge in [0.1, 0.15) is 0 Å². The number of amides is 1. The van der Waals surface area contributed by atoms with E-state index < -0.39 is 17.4 Å². The van der Waals surface area contributed by atoms with E-state index in [9.17, 15) is 14.7 Å². The van der Waals surface area contributed by atoms with Gasteiger partial charge in [0.15, 0.2) is 17.0 Å². The van der Waals surface area contributed by atoms with E-state index in [-0.39, 0.29) is 6.61 Å². The predicted octanol–water partition coefficient (Wildman–Crippen LogP) is 1.23. The minimum absolute atomic E-state index is 0.152. The first-order valence-electron chi connectivity index (χ1n) is 6.56. The van der Waals surface area contributed by atoms with Crippen molar-refractivity contribution in [2.45, 2.75) is 19.4 Å². The van der Waals surface area contributed by atoms with E-state index in [2.05, 4.69) is 5.32 Å². The van der Waals surface area contributed by atoms with Gasteiger partial charge in [-0.05, 0) is 31.5 Å². The van der Waals surface area contributed by atoms with Crippen molar-refractivity contribution in [3.05, 3.63) is 23.3 Å². The topological polar surface area (TPSA) is 94.1 Å². The third-order valence-corrected chi connectivity index (χ3v) is 3.27. The molecule has 1 atom stereocenters. The summed E-state index contributed by atoms with van der Waals surface area (Å²) in [5, 5.41) is 11.8. The van der Waals surface area contributed by atoms with Crippen LogP contribution >= 0.6 is 0 Å². The Morgan fingerprint density at radius 3 is 2.18 bits per heavy atom. The van der Waals surface area contributed by atoms with Crippen molar-refractivity contribution < 1.29 is 28.9 Å². The molecule has 7 heteroatoms. The number of hydrogen-bond donors (Lipinski definition) is 2. The number of carboxylic acid groups (broad SMARTS) is 1. The van der Waals surface area contributed by atoms with Crippen molar-refractivity contribution >= 4 is 11.9 Å². The number of carboxylic acids is 1. The number of nitrogens with one attached hydrogen (secondary N) is 1. The average molecular weight is 311 g/mol. The normalized spacial score (nSPS) is 13.1. The molecule has 0 saturated heterocycles. The summed E-state index contributed by atoms with van der Waals surface area (Å²) < 4.78 is 15.2.